The Labute approximate surface area is 191 Å². The quantitative estimate of drug-likeness (QED) is 0.318. The van der Waals surface area contributed by atoms with Crippen LogP contribution >= 0.6 is 0 Å². The van der Waals surface area contributed by atoms with Gasteiger partial charge in [0.15, 0.2) is 5.96 Å². The molecule has 0 bridgehead atoms. The fourth-order valence-corrected chi connectivity index (χ4v) is 3.99. The van der Waals surface area contributed by atoms with Crippen LogP contribution in [-0.4, -0.2) is 57.9 Å². The summed E-state index contributed by atoms with van der Waals surface area (Å²) in [6.45, 7) is 9.05. The molecule has 1 aromatic carbocycles. The van der Waals surface area contributed by atoms with Crippen LogP contribution in [0.3, 0.4) is 0 Å². The second kappa shape index (κ2) is 12.4. The van der Waals surface area contributed by atoms with Gasteiger partial charge in [0.1, 0.15) is 5.82 Å². The van der Waals surface area contributed by atoms with Crippen molar-refractivity contribution in [2.75, 3.05) is 26.7 Å². The summed E-state index contributed by atoms with van der Waals surface area (Å²) in [4.78, 5) is 19.5. The minimum absolute atomic E-state index is 0.0299. The van der Waals surface area contributed by atoms with Gasteiger partial charge in [-0.25, -0.2) is 9.48 Å². The Morgan fingerprint density at radius 3 is 2.81 bits per heavy atom. The summed E-state index contributed by atoms with van der Waals surface area (Å²) < 4.78 is 3.44. The van der Waals surface area contributed by atoms with E-state index >= 15 is 0 Å². The molecule has 1 aliphatic rings. The number of rotatable bonds is 11. The third kappa shape index (κ3) is 6.95. The van der Waals surface area contributed by atoms with Crippen LogP contribution < -0.4 is 16.3 Å². The zero-order valence-electron chi connectivity index (χ0n) is 19.9. The lowest BCUT2D eigenvalue weighted by Gasteiger charge is -2.25. The summed E-state index contributed by atoms with van der Waals surface area (Å²) in [5, 5.41) is 11.3. The first-order chi connectivity index (χ1) is 15.6. The third-order valence-corrected chi connectivity index (χ3v) is 6.06. The molecule has 2 heterocycles. The van der Waals surface area contributed by atoms with Crippen LogP contribution in [-0.2, 0) is 26.1 Å². The predicted molar refractivity (Wildman–Crippen MR) is 130 cm³/mol. The number of hydrogen-bond donors (Lipinski definition) is 2. The molecule has 1 aromatic heterocycles. The Hall–Kier alpha value is -2.61. The first-order valence-corrected chi connectivity index (χ1v) is 12.0. The molecule has 0 spiro atoms. The summed E-state index contributed by atoms with van der Waals surface area (Å²) in [6, 6.07) is 11.0. The van der Waals surface area contributed by atoms with E-state index in [4.69, 9.17) is 0 Å². The molecule has 32 heavy (non-hydrogen) atoms. The number of benzene rings is 1. The maximum Gasteiger partial charge on any atom is 0.345 e. The zero-order chi connectivity index (χ0) is 22.8. The molecule has 2 aromatic rings. The summed E-state index contributed by atoms with van der Waals surface area (Å²) in [6.07, 6.45) is 4.93. The highest BCUT2D eigenvalue weighted by Gasteiger charge is 2.16. The van der Waals surface area contributed by atoms with Gasteiger partial charge in [-0.2, -0.15) is 5.10 Å². The van der Waals surface area contributed by atoms with Gasteiger partial charge in [0.2, 0.25) is 0 Å². The second-order valence-corrected chi connectivity index (χ2v) is 8.61. The molecule has 2 N–H and O–H groups in total. The summed E-state index contributed by atoms with van der Waals surface area (Å²) in [7, 11) is 2.17. The number of nitrogens with zero attached hydrogens (tertiary/aromatic N) is 5. The molecular weight excluding hydrogens is 402 g/mol. The molecular formula is C24H39N7O. The Balaban J connectivity index is 1.40. The molecule has 0 fully saturated rings. The van der Waals surface area contributed by atoms with Gasteiger partial charge in [-0.05, 0) is 52.1 Å². The molecule has 176 valence electrons. The number of nitrogens with one attached hydrogen (secondary N) is 2. The zero-order valence-corrected chi connectivity index (χ0v) is 19.9. The molecule has 0 saturated heterocycles. The number of aliphatic imine (C=N–C) groups is 1. The first kappa shape index (κ1) is 24.0. The van der Waals surface area contributed by atoms with Gasteiger partial charge in [-0.15, -0.1) is 0 Å². The van der Waals surface area contributed by atoms with Crippen LogP contribution in [0.2, 0.25) is 0 Å². The van der Waals surface area contributed by atoms with Crippen LogP contribution in [0.5, 0.6) is 0 Å². The fourth-order valence-electron chi connectivity index (χ4n) is 3.99. The van der Waals surface area contributed by atoms with E-state index in [1.165, 1.54) is 5.56 Å². The van der Waals surface area contributed by atoms with Gasteiger partial charge in [-0.3, -0.25) is 14.5 Å². The molecule has 8 nitrogen and oxygen atoms in total. The fraction of sp³-hybridized carbons (Fsp3) is 0.625. The lowest BCUT2D eigenvalue weighted by atomic mass is 10.1. The van der Waals surface area contributed by atoms with E-state index in [2.05, 4.69) is 76.9 Å². The minimum atomic E-state index is 0.0299. The molecule has 3 rings (SSSR count). The molecule has 1 unspecified atom stereocenters. The smallest absolute Gasteiger partial charge is 0.345 e. The van der Waals surface area contributed by atoms with Gasteiger partial charge in [0, 0.05) is 51.7 Å². The topological polar surface area (TPSA) is 79.5 Å². The molecule has 0 aliphatic carbocycles. The normalized spacial score (nSPS) is 14.9. The van der Waals surface area contributed by atoms with Gasteiger partial charge >= 0.3 is 5.69 Å². The average molecular weight is 442 g/mol. The van der Waals surface area contributed by atoms with Gasteiger partial charge < -0.3 is 10.6 Å². The second-order valence-electron chi connectivity index (χ2n) is 8.61. The van der Waals surface area contributed by atoms with Crippen LogP contribution in [0.4, 0.5) is 0 Å². The summed E-state index contributed by atoms with van der Waals surface area (Å²) >= 11 is 0. The van der Waals surface area contributed by atoms with Crippen molar-refractivity contribution >= 4 is 5.96 Å². The van der Waals surface area contributed by atoms with Crippen molar-refractivity contribution in [3.05, 3.63) is 52.2 Å². The third-order valence-electron chi connectivity index (χ3n) is 6.06. The Kier molecular flexibility index (Phi) is 9.34. The molecule has 1 atom stereocenters. The molecule has 8 heteroatoms. The van der Waals surface area contributed by atoms with Crippen LogP contribution in [0, 0.1) is 0 Å². The Morgan fingerprint density at radius 1 is 1.25 bits per heavy atom. The standard InChI is InChI=1S/C24H39N7O/c1-4-25-23(27-16-14-20(2)29(3)19-21-11-6-5-7-12-21)26-15-10-18-31-24(32)30-17-9-8-13-22(30)28-31/h5-7,11-12,20H,4,8-10,13-19H2,1-3H3,(H2,25,26,27). The van der Waals surface area contributed by atoms with Gasteiger partial charge in [-0.1, -0.05) is 30.3 Å². The van der Waals surface area contributed by atoms with E-state index in [1.807, 2.05) is 4.57 Å². The van der Waals surface area contributed by atoms with Crippen LogP contribution in [0.25, 0.3) is 0 Å². The molecule has 0 amide bonds. The lowest BCUT2D eigenvalue weighted by molar-refractivity contribution is 0.238. The summed E-state index contributed by atoms with van der Waals surface area (Å²) in [5.74, 6) is 1.77. The van der Waals surface area contributed by atoms with E-state index in [-0.39, 0.29) is 5.69 Å². The van der Waals surface area contributed by atoms with E-state index in [1.54, 1.807) is 4.68 Å². The van der Waals surface area contributed by atoms with Crippen molar-refractivity contribution in [3.8, 4) is 0 Å². The highest BCUT2D eigenvalue weighted by Crippen LogP contribution is 2.09. The largest absolute Gasteiger partial charge is 0.357 e. The highest BCUT2D eigenvalue weighted by molar-refractivity contribution is 5.79. The number of fused-ring (bicyclic) bond motifs is 1. The van der Waals surface area contributed by atoms with Crippen molar-refractivity contribution in [1.29, 1.82) is 0 Å². The number of aromatic nitrogens is 3. The SMILES string of the molecule is CCNC(=NCCCn1nc2n(c1=O)CCCC2)NCCC(C)N(C)Cc1ccccc1. The molecule has 0 radical (unpaired) electrons. The van der Waals surface area contributed by atoms with Crippen molar-refractivity contribution in [2.45, 2.75) is 71.6 Å². The Morgan fingerprint density at radius 2 is 2.06 bits per heavy atom. The minimum Gasteiger partial charge on any atom is -0.357 e. The highest BCUT2D eigenvalue weighted by atomic mass is 16.2. The summed E-state index contributed by atoms with van der Waals surface area (Å²) in [5.41, 5.74) is 1.37. The predicted octanol–water partition coefficient (Wildman–Crippen LogP) is 2.24. The van der Waals surface area contributed by atoms with Crippen molar-refractivity contribution in [1.82, 2.24) is 29.9 Å². The number of aryl methyl sites for hydroxylation is 2. The maximum absolute atomic E-state index is 12.4. The van der Waals surface area contributed by atoms with Crippen LogP contribution in [0.15, 0.2) is 40.1 Å². The van der Waals surface area contributed by atoms with E-state index in [0.29, 0.717) is 19.1 Å². The Bertz CT molecular complexity index is 903. The monoisotopic (exact) mass is 441 g/mol. The van der Waals surface area contributed by atoms with Crippen molar-refractivity contribution in [2.24, 2.45) is 4.99 Å². The van der Waals surface area contributed by atoms with Crippen LogP contribution in [0.1, 0.15) is 50.9 Å². The van der Waals surface area contributed by atoms with E-state index < -0.39 is 0 Å². The number of guanidine groups is 1. The first-order valence-electron chi connectivity index (χ1n) is 12.0. The van der Waals surface area contributed by atoms with E-state index in [0.717, 1.165) is 70.1 Å². The average Bonchev–Trinajstić information content (AvgIpc) is 3.12. The number of hydrogen-bond acceptors (Lipinski definition) is 4. The molecule has 1 aliphatic heterocycles. The van der Waals surface area contributed by atoms with Gasteiger partial charge in [0.05, 0.1) is 0 Å². The molecule has 0 saturated carbocycles. The van der Waals surface area contributed by atoms with Crippen molar-refractivity contribution < 1.29 is 0 Å². The van der Waals surface area contributed by atoms with E-state index in [9.17, 15) is 4.79 Å². The van der Waals surface area contributed by atoms with Gasteiger partial charge in [0.25, 0.3) is 0 Å². The van der Waals surface area contributed by atoms with Crippen molar-refractivity contribution in [3.63, 3.8) is 0 Å². The maximum atomic E-state index is 12.4. The lowest BCUT2D eigenvalue weighted by Crippen LogP contribution is -2.40.